The van der Waals surface area contributed by atoms with Gasteiger partial charge in [-0.3, -0.25) is 0 Å². The molecule has 2 fully saturated rings. The van der Waals surface area contributed by atoms with Crippen LogP contribution in [0.2, 0.25) is 0 Å². The fourth-order valence-electron chi connectivity index (χ4n) is 3.57. The molecule has 0 N–H and O–H groups in total. The third-order valence-corrected chi connectivity index (χ3v) is 7.24. The second-order valence-electron chi connectivity index (χ2n) is 6.40. The van der Waals surface area contributed by atoms with Gasteiger partial charge in [-0.2, -0.15) is 4.98 Å². The molecule has 0 bridgehead atoms. The average molecular weight is 336 g/mol. The maximum absolute atomic E-state index is 13.2. The zero-order valence-corrected chi connectivity index (χ0v) is 13.4. The SMILES string of the molecule is O=S1(=O)CCCC1c1nc(C2(c3ccc(F)cc3)CCC2)no1. The molecule has 1 aromatic carbocycles. The summed E-state index contributed by atoms with van der Waals surface area (Å²) in [6.45, 7) is 0. The molecule has 122 valence electrons. The van der Waals surface area contributed by atoms with E-state index in [1.807, 2.05) is 0 Å². The Morgan fingerprint density at radius 1 is 1.17 bits per heavy atom. The number of nitrogens with zero attached hydrogens (tertiary/aromatic N) is 2. The van der Waals surface area contributed by atoms with Crippen LogP contribution in [-0.2, 0) is 15.3 Å². The number of aromatic nitrogens is 2. The van der Waals surface area contributed by atoms with E-state index in [4.69, 9.17) is 4.52 Å². The maximum Gasteiger partial charge on any atom is 0.245 e. The second kappa shape index (κ2) is 5.12. The van der Waals surface area contributed by atoms with Crippen LogP contribution < -0.4 is 0 Å². The lowest BCUT2D eigenvalue weighted by atomic mass is 9.64. The summed E-state index contributed by atoms with van der Waals surface area (Å²) >= 11 is 0. The number of hydrogen-bond acceptors (Lipinski definition) is 5. The van der Waals surface area contributed by atoms with Crippen LogP contribution in [0, 0.1) is 5.82 Å². The molecule has 1 aliphatic carbocycles. The van der Waals surface area contributed by atoms with E-state index in [0.29, 0.717) is 18.7 Å². The van der Waals surface area contributed by atoms with Crippen LogP contribution in [-0.4, -0.2) is 24.3 Å². The number of benzene rings is 1. The van der Waals surface area contributed by atoms with Crippen LogP contribution in [0.25, 0.3) is 0 Å². The van der Waals surface area contributed by atoms with Crippen molar-refractivity contribution in [2.75, 3.05) is 5.75 Å². The number of rotatable bonds is 3. The van der Waals surface area contributed by atoms with Crippen molar-refractivity contribution >= 4 is 9.84 Å². The van der Waals surface area contributed by atoms with Crippen molar-refractivity contribution in [2.24, 2.45) is 0 Å². The van der Waals surface area contributed by atoms with Crippen molar-refractivity contribution in [3.63, 3.8) is 0 Å². The van der Waals surface area contributed by atoms with E-state index in [9.17, 15) is 12.8 Å². The molecule has 0 radical (unpaired) electrons. The summed E-state index contributed by atoms with van der Waals surface area (Å²) in [6, 6.07) is 6.35. The van der Waals surface area contributed by atoms with Gasteiger partial charge < -0.3 is 4.52 Å². The zero-order valence-electron chi connectivity index (χ0n) is 12.5. The van der Waals surface area contributed by atoms with Gasteiger partial charge in [0.15, 0.2) is 15.7 Å². The molecule has 1 atom stereocenters. The van der Waals surface area contributed by atoms with Crippen LogP contribution in [0.3, 0.4) is 0 Å². The largest absolute Gasteiger partial charge is 0.338 e. The Morgan fingerprint density at radius 2 is 1.91 bits per heavy atom. The maximum atomic E-state index is 13.2. The summed E-state index contributed by atoms with van der Waals surface area (Å²) in [5.41, 5.74) is 0.574. The van der Waals surface area contributed by atoms with Crippen molar-refractivity contribution in [1.29, 1.82) is 0 Å². The Balaban J connectivity index is 1.71. The van der Waals surface area contributed by atoms with Gasteiger partial charge in [-0.05, 0) is 43.4 Å². The lowest BCUT2D eigenvalue weighted by Crippen LogP contribution is -2.36. The lowest BCUT2D eigenvalue weighted by molar-refractivity contribution is 0.270. The van der Waals surface area contributed by atoms with E-state index in [1.165, 1.54) is 12.1 Å². The minimum atomic E-state index is -3.18. The summed E-state index contributed by atoms with van der Waals surface area (Å²) in [5, 5.41) is 3.40. The Morgan fingerprint density at radius 3 is 2.48 bits per heavy atom. The molecule has 1 unspecified atom stereocenters. The van der Waals surface area contributed by atoms with Crippen molar-refractivity contribution < 1.29 is 17.3 Å². The standard InChI is InChI=1S/C16H17FN2O3S/c17-12-6-4-11(5-7-12)16(8-2-9-16)15-18-14(22-19-15)13-3-1-10-23(13,20)21/h4-7,13H,1-3,8-10H2. The van der Waals surface area contributed by atoms with Crippen molar-refractivity contribution in [3.8, 4) is 0 Å². The van der Waals surface area contributed by atoms with Crippen LogP contribution >= 0.6 is 0 Å². The third-order valence-electron chi connectivity index (χ3n) is 5.08. The molecule has 2 heterocycles. The normalized spacial score (nSPS) is 25.2. The highest BCUT2D eigenvalue weighted by Gasteiger charge is 2.46. The minimum absolute atomic E-state index is 0.179. The number of sulfone groups is 1. The van der Waals surface area contributed by atoms with Gasteiger partial charge in [-0.1, -0.05) is 23.7 Å². The van der Waals surface area contributed by atoms with E-state index in [0.717, 1.165) is 24.8 Å². The van der Waals surface area contributed by atoms with Gasteiger partial charge in [-0.25, -0.2) is 12.8 Å². The second-order valence-corrected chi connectivity index (χ2v) is 8.70. The van der Waals surface area contributed by atoms with E-state index < -0.39 is 15.1 Å². The summed E-state index contributed by atoms with van der Waals surface area (Å²) in [6.07, 6.45) is 3.91. The van der Waals surface area contributed by atoms with E-state index >= 15 is 0 Å². The first-order valence-corrected chi connectivity index (χ1v) is 9.55. The van der Waals surface area contributed by atoms with Crippen molar-refractivity contribution in [3.05, 3.63) is 47.4 Å². The highest BCUT2D eigenvalue weighted by molar-refractivity contribution is 7.91. The van der Waals surface area contributed by atoms with Gasteiger partial charge in [0.25, 0.3) is 0 Å². The minimum Gasteiger partial charge on any atom is -0.338 e. The molecule has 1 saturated carbocycles. The van der Waals surface area contributed by atoms with Crippen molar-refractivity contribution in [2.45, 2.75) is 42.8 Å². The topological polar surface area (TPSA) is 73.1 Å². The molecule has 2 aromatic rings. The van der Waals surface area contributed by atoms with Gasteiger partial charge in [0.05, 0.1) is 11.2 Å². The number of hydrogen-bond donors (Lipinski definition) is 0. The van der Waals surface area contributed by atoms with Gasteiger partial charge in [0.1, 0.15) is 11.1 Å². The molecule has 4 rings (SSSR count). The predicted molar refractivity (Wildman–Crippen MR) is 81.1 cm³/mol. The summed E-state index contributed by atoms with van der Waals surface area (Å²) in [7, 11) is -3.18. The molecular weight excluding hydrogens is 319 g/mol. The van der Waals surface area contributed by atoms with E-state index in [2.05, 4.69) is 10.1 Å². The van der Waals surface area contributed by atoms with Crippen LogP contribution in [0.1, 0.15) is 54.6 Å². The zero-order chi connectivity index (χ0) is 16.1. The average Bonchev–Trinajstić information content (AvgIpc) is 3.06. The lowest BCUT2D eigenvalue weighted by Gasteiger charge is -2.39. The highest BCUT2D eigenvalue weighted by atomic mass is 32.2. The first-order chi connectivity index (χ1) is 11.0. The first-order valence-electron chi connectivity index (χ1n) is 7.83. The fraction of sp³-hybridized carbons (Fsp3) is 0.500. The molecule has 2 aliphatic rings. The Labute approximate surface area is 133 Å². The number of halogens is 1. The van der Waals surface area contributed by atoms with E-state index in [1.54, 1.807) is 12.1 Å². The summed E-state index contributed by atoms with van der Waals surface area (Å²) in [4.78, 5) is 4.43. The van der Waals surface area contributed by atoms with Crippen molar-refractivity contribution in [1.82, 2.24) is 10.1 Å². The molecule has 0 amide bonds. The fourth-order valence-corrected chi connectivity index (χ4v) is 5.35. The molecule has 5 nitrogen and oxygen atoms in total. The third kappa shape index (κ3) is 2.29. The van der Waals surface area contributed by atoms with Gasteiger partial charge in [0, 0.05) is 0 Å². The smallest absolute Gasteiger partial charge is 0.245 e. The Bertz CT molecular complexity index is 825. The quantitative estimate of drug-likeness (QED) is 0.861. The van der Waals surface area contributed by atoms with Gasteiger partial charge in [-0.15, -0.1) is 0 Å². The molecular formula is C16H17FN2O3S. The molecule has 7 heteroatoms. The Kier molecular flexibility index (Phi) is 3.30. The summed E-state index contributed by atoms with van der Waals surface area (Å²) in [5.74, 6) is 0.616. The summed E-state index contributed by atoms with van der Waals surface area (Å²) < 4.78 is 42.6. The van der Waals surface area contributed by atoms with E-state index in [-0.39, 0.29) is 22.9 Å². The first kappa shape index (κ1) is 14.8. The van der Waals surface area contributed by atoms with Gasteiger partial charge in [0.2, 0.25) is 5.89 Å². The van der Waals surface area contributed by atoms with Crippen LogP contribution in [0.5, 0.6) is 0 Å². The van der Waals surface area contributed by atoms with Crippen LogP contribution in [0.15, 0.2) is 28.8 Å². The Hall–Kier alpha value is -1.76. The molecule has 1 aromatic heterocycles. The van der Waals surface area contributed by atoms with Crippen LogP contribution in [0.4, 0.5) is 4.39 Å². The molecule has 1 aliphatic heterocycles. The predicted octanol–water partition coefficient (Wildman–Crippen LogP) is 2.93. The monoisotopic (exact) mass is 336 g/mol. The molecule has 23 heavy (non-hydrogen) atoms. The molecule has 1 saturated heterocycles. The highest BCUT2D eigenvalue weighted by Crippen LogP contribution is 2.48. The van der Waals surface area contributed by atoms with Gasteiger partial charge >= 0.3 is 0 Å². The molecule has 0 spiro atoms.